The van der Waals surface area contributed by atoms with Crippen molar-refractivity contribution in [1.29, 1.82) is 0 Å². The van der Waals surface area contributed by atoms with Crippen LogP contribution >= 0.6 is 15.9 Å². The Labute approximate surface area is 179 Å². The lowest BCUT2D eigenvalue weighted by Gasteiger charge is -2.36. The van der Waals surface area contributed by atoms with E-state index in [4.69, 9.17) is 4.74 Å². The number of ether oxygens (including phenoxy) is 1. The molecule has 1 amide bonds. The van der Waals surface area contributed by atoms with Crippen molar-refractivity contribution in [3.05, 3.63) is 70.3 Å². The molecule has 2 heterocycles. The second kappa shape index (κ2) is 9.11. The van der Waals surface area contributed by atoms with Crippen LogP contribution in [0.3, 0.4) is 0 Å². The van der Waals surface area contributed by atoms with Gasteiger partial charge in [-0.3, -0.25) is 9.69 Å². The molecule has 4 rings (SSSR count). The largest absolute Gasteiger partial charge is 0.371 e. The number of fused-ring (bicyclic) bond motifs is 1. The van der Waals surface area contributed by atoms with Crippen LogP contribution in [-0.4, -0.2) is 48.1 Å². The predicted molar refractivity (Wildman–Crippen MR) is 119 cm³/mol. The summed E-state index contributed by atoms with van der Waals surface area (Å²) in [5.41, 5.74) is 3.50. The number of morpholine rings is 1. The van der Waals surface area contributed by atoms with Gasteiger partial charge in [0.2, 0.25) is 5.91 Å². The highest BCUT2D eigenvalue weighted by atomic mass is 79.9. The smallest absolute Gasteiger partial charge is 0.237 e. The maximum Gasteiger partial charge on any atom is 0.237 e. The topological polar surface area (TPSA) is 57.4 Å². The average molecular weight is 456 g/mol. The van der Waals surface area contributed by atoms with Gasteiger partial charge in [0.15, 0.2) is 0 Å². The van der Waals surface area contributed by atoms with E-state index in [1.165, 1.54) is 10.9 Å². The van der Waals surface area contributed by atoms with E-state index in [2.05, 4.69) is 55.4 Å². The van der Waals surface area contributed by atoms with Gasteiger partial charge in [-0.25, -0.2) is 0 Å². The van der Waals surface area contributed by atoms with Crippen molar-refractivity contribution in [2.75, 3.05) is 26.2 Å². The molecular formula is C23H26BrN3O2. The van der Waals surface area contributed by atoms with Crippen LogP contribution in [0.25, 0.3) is 10.9 Å². The highest BCUT2D eigenvalue weighted by Gasteiger charge is 2.28. The number of H-pyrrole nitrogens is 1. The number of carbonyl (C=O) groups excluding carboxylic acids is 1. The summed E-state index contributed by atoms with van der Waals surface area (Å²) in [6.45, 7) is 4.72. The van der Waals surface area contributed by atoms with E-state index in [1.54, 1.807) is 0 Å². The van der Waals surface area contributed by atoms with E-state index in [-0.39, 0.29) is 18.1 Å². The molecule has 2 atom stereocenters. The van der Waals surface area contributed by atoms with Crippen LogP contribution in [0, 0.1) is 0 Å². The van der Waals surface area contributed by atoms with Gasteiger partial charge in [0.25, 0.3) is 0 Å². The second-order valence-electron chi connectivity index (χ2n) is 7.49. The van der Waals surface area contributed by atoms with E-state index in [0.717, 1.165) is 28.5 Å². The highest BCUT2D eigenvalue weighted by molar-refractivity contribution is 9.10. The Balaban J connectivity index is 1.31. The zero-order valence-electron chi connectivity index (χ0n) is 16.5. The fraction of sp³-hybridized carbons (Fsp3) is 0.348. The van der Waals surface area contributed by atoms with E-state index in [0.29, 0.717) is 19.7 Å². The number of para-hydroxylation sites is 1. The minimum atomic E-state index is -0.184. The Morgan fingerprint density at radius 3 is 3.03 bits per heavy atom. The van der Waals surface area contributed by atoms with Crippen LogP contribution in [0.4, 0.5) is 0 Å². The Hall–Kier alpha value is -2.15. The lowest BCUT2D eigenvalue weighted by atomic mass is 10.1. The number of hydrogen-bond donors (Lipinski definition) is 2. The Kier molecular flexibility index (Phi) is 6.33. The molecule has 2 aromatic carbocycles. The summed E-state index contributed by atoms with van der Waals surface area (Å²) < 4.78 is 6.99. The van der Waals surface area contributed by atoms with Crippen molar-refractivity contribution in [2.45, 2.75) is 25.5 Å². The van der Waals surface area contributed by atoms with Gasteiger partial charge in [0.05, 0.1) is 18.8 Å². The summed E-state index contributed by atoms with van der Waals surface area (Å²) in [7, 11) is 0. The quantitative estimate of drug-likeness (QED) is 0.589. The first-order valence-corrected chi connectivity index (χ1v) is 10.8. The first-order valence-electron chi connectivity index (χ1n) is 10.1. The van der Waals surface area contributed by atoms with E-state index in [9.17, 15) is 4.79 Å². The highest BCUT2D eigenvalue weighted by Crippen LogP contribution is 2.25. The number of carbonyl (C=O) groups is 1. The Morgan fingerprint density at radius 2 is 2.17 bits per heavy atom. The predicted octanol–water partition coefficient (Wildman–Crippen LogP) is 4.05. The van der Waals surface area contributed by atoms with Gasteiger partial charge in [-0.15, -0.1) is 0 Å². The molecule has 1 aliphatic heterocycles. The van der Waals surface area contributed by atoms with Crippen LogP contribution in [0.1, 0.15) is 24.2 Å². The molecule has 0 radical (unpaired) electrons. The number of benzene rings is 2. The van der Waals surface area contributed by atoms with Crippen LogP contribution in [0.15, 0.2) is 59.2 Å². The SMILES string of the molecule is CC(C(=O)NCCc1c[nH]c2ccccc12)N1CCOC(c2cccc(Br)c2)C1. The molecule has 152 valence electrons. The van der Waals surface area contributed by atoms with E-state index < -0.39 is 0 Å². The summed E-state index contributed by atoms with van der Waals surface area (Å²) in [5.74, 6) is 0.0692. The molecule has 2 N–H and O–H groups in total. The minimum Gasteiger partial charge on any atom is -0.371 e. The maximum absolute atomic E-state index is 12.7. The van der Waals surface area contributed by atoms with Gasteiger partial charge in [-0.2, -0.15) is 0 Å². The number of rotatable bonds is 6. The van der Waals surface area contributed by atoms with Crippen molar-refractivity contribution >= 4 is 32.7 Å². The summed E-state index contributed by atoms with van der Waals surface area (Å²) >= 11 is 3.52. The molecular weight excluding hydrogens is 430 g/mol. The number of halogens is 1. The molecule has 0 aliphatic carbocycles. The number of aromatic amines is 1. The number of hydrogen-bond acceptors (Lipinski definition) is 3. The number of amides is 1. The third kappa shape index (κ3) is 4.71. The molecule has 1 saturated heterocycles. The van der Waals surface area contributed by atoms with Gasteiger partial charge in [0.1, 0.15) is 0 Å². The molecule has 0 spiro atoms. The monoisotopic (exact) mass is 455 g/mol. The van der Waals surface area contributed by atoms with E-state index in [1.807, 2.05) is 37.4 Å². The van der Waals surface area contributed by atoms with Crippen molar-refractivity contribution in [1.82, 2.24) is 15.2 Å². The molecule has 1 fully saturated rings. The zero-order chi connectivity index (χ0) is 20.2. The van der Waals surface area contributed by atoms with Gasteiger partial charge in [-0.05, 0) is 42.7 Å². The van der Waals surface area contributed by atoms with Crippen molar-refractivity contribution < 1.29 is 9.53 Å². The summed E-state index contributed by atoms with van der Waals surface area (Å²) in [5, 5.41) is 4.33. The van der Waals surface area contributed by atoms with Crippen LogP contribution < -0.4 is 5.32 Å². The normalized spacial score (nSPS) is 18.6. The third-order valence-electron chi connectivity index (χ3n) is 5.61. The summed E-state index contributed by atoms with van der Waals surface area (Å²) in [4.78, 5) is 18.2. The zero-order valence-corrected chi connectivity index (χ0v) is 18.1. The molecule has 1 aliphatic rings. The molecule has 1 aromatic heterocycles. The van der Waals surface area contributed by atoms with Crippen molar-refractivity contribution in [3.8, 4) is 0 Å². The fourth-order valence-corrected chi connectivity index (χ4v) is 4.32. The van der Waals surface area contributed by atoms with Gasteiger partial charge >= 0.3 is 0 Å². The van der Waals surface area contributed by atoms with Crippen LogP contribution in [0.2, 0.25) is 0 Å². The number of aromatic nitrogens is 1. The first kappa shape index (κ1) is 20.1. The van der Waals surface area contributed by atoms with Crippen LogP contribution in [0.5, 0.6) is 0 Å². The van der Waals surface area contributed by atoms with Crippen molar-refractivity contribution in [2.24, 2.45) is 0 Å². The maximum atomic E-state index is 12.7. The lowest BCUT2D eigenvalue weighted by molar-refractivity contribution is -0.129. The van der Waals surface area contributed by atoms with Crippen molar-refractivity contribution in [3.63, 3.8) is 0 Å². The first-order chi connectivity index (χ1) is 14.1. The molecule has 3 aromatic rings. The van der Waals surface area contributed by atoms with Gasteiger partial charge in [-0.1, -0.05) is 46.3 Å². The minimum absolute atomic E-state index is 0.0114. The average Bonchev–Trinajstić information content (AvgIpc) is 3.16. The Bertz CT molecular complexity index is 987. The summed E-state index contributed by atoms with van der Waals surface area (Å²) in [6.07, 6.45) is 2.83. The molecule has 0 bridgehead atoms. The molecule has 5 nitrogen and oxygen atoms in total. The second-order valence-corrected chi connectivity index (χ2v) is 8.40. The fourth-order valence-electron chi connectivity index (χ4n) is 3.90. The summed E-state index contributed by atoms with van der Waals surface area (Å²) in [6, 6.07) is 16.2. The van der Waals surface area contributed by atoms with Crippen LogP contribution in [-0.2, 0) is 16.0 Å². The third-order valence-corrected chi connectivity index (χ3v) is 6.11. The van der Waals surface area contributed by atoms with Gasteiger partial charge in [0, 0.05) is 41.2 Å². The molecule has 6 heteroatoms. The lowest BCUT2D eigenvalue weighted by Crippen LogP contribution is -2.50. The molecule has 0 saturated carbocycles. The Morgan fingerprint density at radius 1 is 1.31 bits per heavy atom. The molecule has 2 unspecified atom stereocenters. The van der Waals surface area contributed by atoms with E-state index >= 15 is 0 Å². The van der Waals surface area contributed by atoms with Gasteiger partial charge < -0.3 is 15.0 Å². The standard InChI is InChI=1S/C23H26BrN3O2/c1-16(27-11-12-29-22(15-27)17-5-4-6-19(24)13-17)23(28)25-10-9-18-14-26-21-8-3-2-7-20(18)21/h2-8,13-14,16,22,26H,9-12,15H2,1H3,(H,25,28). The number of nitrogens with zero attached hydrogens (tertiary/aromatic N) is 1. The molecule has 29 heavy (non-hydrogen) atoms. The number of nitrogens with one attached hydrogen (secondary N) is 2.